The van der Waals surface area contributed by atoms with Crippen molar-refractivity contribution in [3.05, 3.63) is 29.6 Å². The molecule has 0 aliphatic carbocycles. The summed E-state index contributed by atoms with van der Waals surface area (Å²) in [4.78, 5) is 28.9. The number of carbonyl (C=O) groups excluding carboxylic acids is 2. The van der Waals surface area contributed by atoms with Gasteiger partial charge in [0, 0.05) is 19.3 Å². The minimum Gasteiger partial charge on any atom is -0.375 e. The molecule has 1 saturated heterocycles. The van der Waals surface area contributed by atoms with Crippen LogP contribution in [0.4, 0.5) is 0 Å². The van der Waals surface area contributed by atoms with Crippen LogP contribution in [0.25, 0.3) is 0 Å². The van der Waals surface area contributed by atoms with E-state index in [0.717, 1.165) is 6.42 Å². The normalized spacial score (nSPS) is 19.2. The van der Waals surface area contributed by atoms with Gasteiger partial charge in [-0.3, -0.25) is 14.6 Å². The van der Waals surface area contributed by atoms with E-state index in [9.17, 15) is 9.59 Å². The van der Waals surface area contributed by atoms with Crippen molar-refractivity contribution in [3.63, 3.8) is 0 Å². The Balaban J connectivity index is 2.08. The second-order valence-corrected chi connectivity index (χ2v) is 4.45. The molecule has 0 radical (unpaired) electrons. The van der Waals surface area contributed by atoms with Crippen LogP contribution in [0.2, 0.25) is 0 Å². The molecule has 102 valence electrons. The minimum absolute atomic E-state index is 0.0857. The molecule has 1 unspecified atom stereocenters. The van der Waals surface area contributed by atoms with Gasteiger partial charge < -0.3 is 15.4 Å². The Labute approximate surface area is 111 Å². The number of nitrogens with two attached hydrogens (primary N) is 1. The maximum Gasteiger partial charge on any atom is 0.272 e. The summed E-state index contributed by atoms with van der Waals surface area (Å²) >= 11 is 0. The first-order valence-corrected chi connectivity index (χ1v) is 6.28. The molecular formula is C13H17N3O3. The van der Waals surface area contributed by atoms with Gasteiger partial charge in [0.15, 0.2) is 0 Å². The SMILES string of the molecule is CCC1CN(C(=O)c2ccc(C(N)=O)cn2)CCO1. The number of nitrogens with zero attached hydrogens (tertiary/aromatic N) is 2. The number of morpholine rings is 1. The van der Waals surface area contributed by atoms with Crippen LogP contribution in [-0.2, 0) is 4.74 Å². The molecule has 19 heavy (non-hydrogen) atoms. The summed E-state index contributed by atoms with van der Waals surface area (Å²) in [7, 11) is 0. The summed E-state index contributed by atoms with van der Waals surface area (Å²) in [5.74, 6) is -0.693. The van der Waals surface area contributed by atoms with Crippen LogP contribution >= 0.6 is 0 Å². The first kappa shape index (κ1) is 13.5. The molecule has 1 atom stereocenters. The van der Waals surface area contributed by atoms with Crippen LogP contribution < -0.4 is 5.73 Å². The van der Waals surface area contributed by atoms with Crippen LogP contribution in [0.1, 0.15) is 34.2 Å². The fourth-order valence-electron chi connectivity index (χ4n) is 1.98. The van der Waals surface area contributed by atoms with E-state index in [1.807, 2.05) is 6.92 Å². The third kappa shape index (κ3) is 3.08. The van der Waals surface area contributed by atoms with Crippen molar-refractivity contribution in [2.75, 3.05) is 19.7 Å². The summed E-state index contributed by atoms with van der Waals surface area (Å²) in [6.45, 7) is 3.71. The summed E-state index contributed by atoms with van der Waals surface area (Å²) in [6.07, 6.45) is 2.29. The molecule has 0 aromatic carbocycles. The summed E-state index contributed by atoms with van der Waals surface area (Å²) in [5, 5.41) is 0. The van der Waals surface area contributed by atoms with Gasteiger partial charge in [-0.25, -0.2) is 0 Å². The quantitative estimate of drug-likeness (QED) is 0.857. The predicted molar refractivity (Wildman–Crippen MR) is 68.7 cm³/mol. The van der Waals surface area contributed by atoms with Gasteiger partial charge in [-0.05, 0) is 18.6 Å². The Morgan fingerprint density at radius 2 is 2.32 bits per heavy atom. The average Bonchev–Trinajstić information content (AvgIpc) is 2.46. The molecule has 2 rings (SSSR count). The Kier molecular flexibility index (Phi) is 4.11. The van der Waals surface area contributed by atoms with Crippen molar-refractivity contribution in [1.82, 2.24) is 9.88 Å². The lowest BCUT2D eigenvalue weighted by molar-refractivity contribution is -0.0228. The van der Waals surface area contributed by atoms with Crippen LogP contribution in [0, 0.1) is 0 Å². The number of amides is 2. The van der Waals surface area contributed by atoms with Crippen molar-refractivity contribution in [3.8, 4) is 0 Å². The molecule has 2 N–H and O–H groups in total. The van der Waals surface area contributed by atoms with Gasteiger partial charge in [0.25, 0.3) is 5.91 Å². The molecule has 1 aromatic heterocycles. The molecule has 1 aromatic rings. The average molecular weight is 263 g/mol. The number of ether oxygens (including phenoxy) is 1. The minimum atomic E-state index is -0.552. The first-order chi connectivity index (χ1) is 9.11. The van der Waals surface area contributed by atoms with E-state index in [-0.39, 0.29) is 12.0 Å². The van der Waals surface area contributed by atoms with Gasteiger partial charge >= 0.3 is 0 Å². The monoisotopic (exact) mass is 263 g/mol. The summed E-state index contributed by atoms with van der Waals surface area (Å²) in [6, 6.07) is 3.04. The van der Waals surface area contributed by atoms with Crippen LogP contribution in [0.15, 0.2) is 18.3 Å². The molecule has 2 heterocycles. The van der Waals surface area contributed by atoms with E-state index in [1.54, 1.807) is 4.90 Å². The van der Waals surface area contributed by atoms with Gasteiger partial charge in [-0.15, -0.1) is 0 Å². The Bertz CT molecular complexity index is 473. The third-order valence-electron chi connectivity index (χ3n) is 3.15. The summed E-state index contributed by atoms with van der Waals surface area (Å²) < 4.78 is 5.52. The second kappa shape index (κ2) is 5.79. The van der Waals surface area contributed by atoms with E-state index in [4.69, 9.17) is 10.5 Å². The highest BCUT2D eigenvalue weighted by atomic mass is 16.5. The zero-order valence-electron chi connectivity index (χ0n) is 10.8. The number of carbonyl (C=O) groups is 2. The number of primary amides is 1. The van der Waals surface area contributed by atoms with Crippen LogP contribution in [0.5, 0.6) is 0 Å². The fraction of sp³-hybridized carbons (Fsp3) is 0.462. The van der Waals surface area contributed by atoms with Crippen molar-refractivity contribution >= 4 is 11.8 Å². The summed E-state index contributed by atoms with van der Waals surface area (Å²) in [5.41, 5.74) is 5.75. The van der Waals surface area contributed by atoms with E-state index in [2.05, 4.69) is 4.98 Å². The number of aromatic nitrogens is 1. The molecule has 1 aliphatic heterocycles. The Morgan fingerprint density at radius 1 is 1.53 bits per heavy atom. The van der Waals surface area contributed by atoms with Crippen molar-refractivity contribution in [2.24, 2.45) is 5.73 Å². The Hall–Kier alpha value is -1.95. The maximum atomic E-state index is 12.2. The molecule has 1 aliphatic rings. The van der Waals surface area contributed by atoms with Crippen molar-refractivity contribution in [1.29, 1.82) is 0 Å². The fourth-order valence-corrected chi connectivity index (χ4v) is 1.98. The van der Waals surface area contributed by atoms with Crippen molar-refractivity contribution in [2.45, 2.75) is 19.4 Å². The number of hydrogen-bond acceptors (Lipinski definition) is 4. The van der Waals surface area contributed by atoms with Gasteiger partial charge in [0.1, 0.15) is 5.69 Å². The standard InChI is InChI=1S/C13H17N3O3/c1-2-10-8-16(5-6-19-10)13(18)11-4-3-9(7-15-11)12(14)17/h3-4,7,10H,2,5-6,8H2,1H3,(H2,14,17). The van der Waals surface area contributed by atoms with Crippen LogP contribution in [0.3, 0.4) is 0 Å². The van der Waals surface area contributed by atoms with E-state index >= 15 is 0 Å². The maximum absolute atomic E-state index is 12.2. The zero-order valence-corrected chi connectivity index (χ0v) is 10.8. The molecule has 0 spiro atoms. The third-order valence-corrected chi connectivity index (χ3v) is 3.15. The first-order valence-electron chi connectivity index (χ1n) is 6.28. The molecular weight excluding hydrogens is 246 g/mol. The van der Waals surface area contributed by atoms with Crippen molar-refractivity contribution < 1.29 is 14.3 Å². The molecule has 1 fully saturated rings. The lowest BCUT2D eigenvalue weighted by atomic mass is 10.2. The van der Waals surface area contributed by atoms with Gasteiger partial charge in [-0.2, -0.15) is 0 Å². The van der Waals surface area contributed by atoms with E-state index < -0.39 is 5.91 Å². The smallest absolute Gasteiger partial charge is 0.272 e. The lowest BCUT2D eigenvalue weighted by Crippen LogP contribution is -2.45. The zero-order chi connectivity index (χ0) is 13.8. The van der Waals surface area contributed by atoms with Gasteiger partial charge in [-0.1, -0.05) is 6.92 Å². The molecule has 0 saturated carbocycles. The molecule has 6 heteroatoms. The Morgan fingerprint density at radius 3 is 2.89 bits per heavy atom. The molecule has 6 nitrogen and oxygen atoms in total. The van der Waals surface area contributed by atoms with E-state index in [0.29, 0.717) is 31.0 Å². The lowest BCUT2D eigenvalue weighted by Gasteiger charge is -2.32. The van der Waals surface area contributed by atoms with Gasteiger partial charge in [0.2, 0.25) is 5.91 Å². The topological polar surface area (TPSA) is 85.5 Å². The predicted octanol–water partition coefficient (Wildman–Crippen LogP) is 0.432. The number of pyridine rings is 1. The molecule has 0 bridgehead atoms. The van der Waals surface area contributed by atoms with Gasteiger partial charge in [0.05, 0.1) is 18.3 Å². The highest BCUT2D eigenvalue weighted by Gasteiger charge is 2.24. The highest BCUT2D eigenvalue weighted by molar-refractivity contribution is 5.95. The van der Waals surface area contributed by atoms with Crippen LogP contribution in [-0.4, -0.2) is 47.5 Å². The largest absolute Gasteiger partial charge is 0.375 e. The van der Waals surface area contributed by atoms with E-state index in [1.165, 1.54) is 18.3 Å². The number of hydrogen-bond donors (Lipinski definition) is 1. The number of rotatable bonds is 3. The second-order valence-electron chi connectivity index (χ2n) is 4.45. The molecule has 2 amide bonds. The highest BCUT2D eigenvalue weighted by Crippen LogP contribution is 2.11.